The molecule has 0 aliphatic carbocycles. The molecule has 1 saturated heterocycles. The number of hydrogen-bond donors (Lipinski definition) is 1. The molecule has 3 aromatic carbocycles. The predicted molar refractivity (Wildman–Crippen MR) is 122 cm³/mol. The van der Waals surface area contributed by atoms with Gasteiger partial charge in [0.2, 0.25) is 0 Å². The smallest absolute Gasteiger partial charge is 0.184 e. The van der Waals surface area contributed by atoms with Crippen LogP contribution in [0.1, 0.15) is 23.6 Å². The van der Waals surface area contributed by atoms with Crippen molar-refractivity contribution in [3.05, 3.63) is 108 Å². The lowest BCUT2D eigenvalue weighted by molar-refractivity contribution is -0.308. The molecule has 5 heteroatoms. The first-order chi connectivity index (χ1) is 15.7. The summed E-state index contributed by atoms with van der Waals surface area (Å²) in [6, 6.07) is 29.8. The van der Waals surface area contributed by atoms with Crippen molar-refractivity contribution < 1.29 is 24.1 Å². The maximum atomic E-state index is 10.7. The molecular weight excluding hydrogens is 404 g/mol. The summed E-state index contributed by atoms with van der Waals surface area (Å²) in [7, 11) is 0. The van der Waals surface area contributed by atoms with E-state index in [0.717, 1.165) is 16.7 Å². The Kier molecular flexibility index (Phi) is 8.04. The first-order valence-electron chi connectivity index (χ1n) is 11.0. The van der Waals surface area contributed by atoms with Crippen LogP contribution in [-0.4, -0.2) is 35.8 Å². The highest BCUT2D eigenvalue weighted by molar-refractivity contribution is 5.15. The van der Waals surface area contributed by atoms with Gasteiger partial charge in [0.05, 0.1) is 25.9 Å². The molecule has 4 rings (SSSR count). The fourth-order valence-electron chi connectivity index (χ4n) is 3.89. The van der Waals surface area contributed by atoms with Crippen LogP contribution in [0, 0.1) is 0 Å². The van der Waals surface area contributed by atoms with Gasteiger partial charge < -0.3 is 24.1 Å². The van der Waals surface area contributed by atoms with E-state index in [-0.39, 0.29) is 6.10 Å². The minimum absolute atomic E-state index is 0.344. The van der Waals surface area contributed by atoms with Gasteiger partial charge in [-0.15, -0.1) is 0 Å². The lowest BCUT2D eigenvalue weighted by atomic mass is 9.98. The van der Waals surface area contributed by atoms with Crippen LogP contribution in [0.2, 0.25) is 0 Å². The molecule has 1 aliphatic heterocycles. The summed E-state index contributed by atoms with van der Waals surface area (Å²) in [6.45, 7) is 3.05. The number of ether oxygens (including phenoxy) is 4. The van der Waals surface area contributed by atoms with Crippen LogP contribution in [0.15, 0.2) is 91.0 Å². The largest absolute Gasteiger partial charge is 0.368 e. The number of benzene rings is 3. The summed E-state index contributed by atoms with van der Waals surface area (Å²) < 4.78 is 24.5. The maximum Gasteiger partial charge on any atom is 0.184 e. The van der Waals surface area contributed by atoms with E-state index in [1.807, 2.05) is 97.9 Å². The normalized spacial score (nSPS) is 25.5. The molecule has 5 nitrogen and oxygen atoms in total. The number of rotatable bonds is 9. The van der Waals surface area contributed by atoms with Gasteiger partial charge in [0.25, 0.3) is 0 Å². The summed E-state index contributed by atoms with van der Waals surface area (Å²) in [5.41, 5.74) is 3.13. The Labute approximate surface area is 189 Å². The molecule has 1 N–H and O–H groups in total. The Hall–Kier alpha value is -2.54. The molecule has 0 saturated carbocycles. The molecule has 3 aromatic rings. The average Bonchev–Trinajstić information content (AvgIpc) is 2.83. The minimum Gasteiger partial charge on any atom is -0.368 e. The third kappa shape index (κ3) is 6.03. The van der Waals surface area contributed by atoms with Crippen LogP contribution in [-0.2, 0) is 38.8 Å². The topological polar surface area (TPSA) is 57.2 Å². The molecule has 168 valence electrons. The second-order valence-corrected chi connectivity index (χ2v) is 8.02. The second kappa shape index (κ2) is 11.4. The van der Waals surface area contributed by atoms with Crippen molar-refractivity contribution in [1.82, 2.24) is 0 Å². The zero-order valence-electron chi connectivity index (χ0n) is 18.2. The van der Waals surface area contributed by atoms with Crippen LogP contribution in [0.5, 0.6) is 0 Å². The van der Waals surface area contributed by atoms with Crippen molar-refractivity contribution >= 4 is 0 Å². The summed E-state index contributed by atoms with van der Waals surface area (Å²) in [5, 5.41) is 10.7. The van der Waals surface area contributed by atoms with Gasteiger partial charge in [-0.1, -0.05) is 91.0 Å². The van der Waals surface area contributed by atoms with E-state index in [1.54, 1.807) is 0 Å². The molecule has 0 spiro atoms. The Morgan fingerprint density at radius 2 is 0.969 bits per heavy atom. The average molecular weight is 435 g/mol. The number of hydrogen-bond acceptors (Lipinski definition) is 5. The van der Waals surface area contributed by atoms with Gasteiger partial charge in [-0.05, 0) is 23.6 Å². The highest BCUT2D eigenvalue weighted by atomic mass is 16.7. The van der Waals surface area contributed by atoms with Crippen LogP contribution < -0.4 is 0 Å². The lowest BCUT2D eigenvalue weighted by Gasteiger charge is -2.43. The van der Waals surface area contributed by atoms with Crippen LogP contribution >= 0.6 is 0 Å². The van der Waals surface area contributed by atoms with Gasteiger partial charge in [0.1, 0.15) is 18.3 Å². The van der Waals surface area contributed by atoms with Gasteiger partial charge in [-0.3, -0.25) is 0 Å². The van der Waals surface area contributed by atoms with Crippen LogP contribution in [0.4, 0.5) is 0 Å². The fourth-order valence-corrected chi connectivity index (χ4v) is 3.89. The van der Waals surface area contributed by atoms with Crippen molar-refractivity contribution in [2.24, 2.45) is 0 Å². The lowest BCUT2D eigenvalue weighted by Crippen LogP contribution is -2.59. The Morgan fingerprint density at radius 3 is 1.41 bits per heavy atom. The summed E-state index contributed by atoms with van der Waals surface area (Å²) >= 11 is 0. The van der Waals surface area contributed by atoms with E-state index in [1.165, 1.54) is 0 Å². The second-order valence-electron chi connectivity index (χ2n) is 8.02. The molecule has 0 radical (unpaired) electrons. The molecule has 0 bridgehead atoms. The van der Waals surface area contributed by atoms with Crippen molar-refractivity contribution in [3.8, 4) is 0 Å². The monoisotopic (exact) mass is 434 g/mol. The van der Waals surface area contributed by atoms with Crippen LogP contribution in [0.25, 0.3) is 0 Å². The summed E-state index contributed by atoms with van der Waals surface area (Å²) in [6.07, 6.45) is -3.04. The van der Waals surface area contributed by atoms with Gasteiger partial charge in [0, 0.05) is 0 Å². The zero-order valence-corrected chi connectivity index (χ0v) is 18.2. The predicted octanol–water partition coefficient (Wildman–Crippen LogP) is 4.48. The Bertz CT molecular complexity index is 863. The SMILES string of the molecule is CC1O[C@@H](O)C(OCc2ccccc2)[C@H](OCc2ccccc2)[C@H]1OCc1ccccc1. The number of aliphatic hydroxyl groups is 1. The Balaban J connectivity index is 1.50. The summed E-state index contributed by atoms with van der Waals surface area (Å²) in [4.78, 5) is 0. The maximum absolute atomic E-state index is 10.7. The molecule has 1 heterocycles. The first-order valence-corrected chi connectivity index (χ1v) is 11.0. The molecule has 32 heavy (non-hydrogen) atoms. The molecule has 2 unspecified atom stereocenters. The third-order valence-electron chi connectivity index (χ3n) is 5.60. The van der Waals surface area contributed by atoms with Crippen molar-refractivity contribution in [2.75, 3.05) is 0 Å². The third-order valence-corrected chi connectivity index (χ3v) is 5.60. The van der Waals surface area contributed by atoms with E-state index in [9.17, 15) is 5.11 Å². The van der Waals surface area contributed by atoms with Crippen molar-refractivity contribution in [1.29, 1.82) is 0 Å². The van der Waals surface area contributed by atoms with Crippen molar-refractivity contribution in [2.45, 2.75) is 57.5 Å². The molecule has 0 aromatic heterocycles. The fraction of sp³-hybridized carbons (Fsp3) is 0.333. The van der Waals surface area contributed by atoms with Crippen LogP contribution in [0.3, 0.4) is 0 Å². The molecule has 1 aliphatic rings. The van der Waals surface area contributed by atoms with E-state index in [0.29, 0.717) is 19.8 Å². The standard InChI is InChI=1S/C27H30O5/c1-20-24(29-17-21-11-5-2-6-12-21)25(30-18-22-13-7-3-8-14-22)26(27(28)32-20)31-19-23-15-9-4-10-16-23/h2-16,20,24-28H,17-19H2,1H3/t20?,24-,25+,26?,27+/m0/s1. The minimum atomic E-state index is -1.11. The molecule has 5 atom stereocenters. The Morgan fingerprint density at radius 1 is 0.594 bits per heavy atom. The van der Waals surface area contributed by atoms with E-state index in [2.05, 4.69) is 0 Å². The molecular formula is C27H30O5. The highest BCUT2D eigenvalue weighted by Gasteiger charge is 2.46. The molecule has 1 fully saturated rings. The van der Waals surface area contributed by atoms with E-state index < -0.39 is 24.6 Å². The van der Waals surface area contributed by atoms with Gasteiger partial charge in [-0.2, -0.15) is 0 Å². The quantitative estimate of drug-likeness (QED) is 0.538. The highest BCUT2D eigenvalue weighted by Crippen LogP contribution is 2.29. The van der Waals surface area contributed by atoms with Gasteiger partial charge >= 0.3 is 0 Å². The molecule has 0 amide bonds. The van der Waals surface area contributed by atoms with Gasteiger partial charge in [0.15, 0.2) is 6.29 Å². The number of aliphatic hydroxyl groups excluding tert-OH is 1. The van der Waals surface area contributed by atoms with E-state index >= 15 is 0 Å². The first kappa shape index (κ1) is 22.6. The summed E-state index contributed by atoms with van der Waals surface area (Å²) in [5.74, 6) is 0. The van der Waals surface area contributed by atoms with Crippen molar-refractivity contribution in [3.63, 3.8) is 0 Å². The zero-order chi connectivity index (χ0) is 22.2. The van der Waals surface area contributed by atoms with E-state index in [4.69, 9.17) is 18.9 Å². The van der Waals surface area contributed by atoms with Gasteiger partial charge in [-0.25, -0.2) is 0 Å².